The number of nitrogens with two attached hydrogens (primary N) is 1. The van der Waals surface area contributed by atoms with Gasteiger partial charge in [-0.15, -0.1) is 6.58 Å². The molecule has 16 heavy (non-hydrogen) atoms. The fourth-order valence-electron chi connectivity index (χ4n) is 1.50. The summed E-state index contributed by atoms with van der Waals surface area (Å²) >= 11 is 5.96. The van der Waals surface area contributed by atoms with Crippen molar-refractivity contribution in [3.8, 4) is 0 Å². The highest BCUT2D eigenvalue weighted by molar-refractivity contribution is 6.31. The Balaban J connectivity index is 2.82. The zero-order chi connectivity index (χ0) is 12.1. The molecular formula is C12H16ClFN2. The maximum absolute atomic E-state index is 12.9. The van der Waals surface area contributed by atoms with E-state index in [2.05, 4.69) is 12.0 Å². The van der Waals surface area contributed by atoms with Crippen molar-refractivity contribution in [3.05, 3.63) is 46.8 Å². The first-order chi connectivity index (χ1) is 7.54. The first-order valence-electron chi connectivity index (χ1n) is 5.10. The molecule has 0 aliphatic heterocycles. The molecular weight excluding hydrogens is 227 g/mol. The summed E-state index contributed by atoms with van der Waals surface area (Å²) in [5.74, 6) is 5.12. The Kier molecular flexibility index (Phi) is 4.93. The van der Waals surface area contributed by atoms with Crippen molar-refractivity contribution < 1.29 is 4.39 Å². The van der Waals surface area contributed by atoms with Crippen LogP contribution in [0.5, 0.6) is 0 Å². The number of rotatable bonds is 5. The van der Waals surface area contributed by atoms with Gasteiger partial charge in [-0.05, 0) is 37.5 Å². The average Bonchev–Trinajstić information content (AvgIpc) is 2.21. The number of nitrogens with one attached hydrogen (secondary N) is 1. The molecule has 0 aliphatic carbocycles. The smallest absolute Gasteiger partial charge is 0.124 e. The van der Waals surface area contributed by atoms with Gasteiger partial charge < -0.3 is 0 Å². The molecule has 0 aromatic heterocycles. The number of hydrogen-bond acceptors (Lipinski definition) is 2. The number of hydrazine groups is 1. The van der Waals surface area contributed by atoms with E-state index in [0.717, 1.165) is 24.0 Å². The molecule has 0 heterocycles. The lowest BCUT2D eigenvalue weighted by atomic mass is 10.0. The van der Waals surface area contributed by atoms with Crippen molar-refractivity contribution in [3.63, 3.8) is 0 Å². The Morgan fingerprint density at radius 2 is 2.31 bits per heavy atom. The fourth-order valence-corrected chi connectivity index (χ4v) is 1.80. The van der Waals surface area contributed by atoms with E-state index < -0.39 is 0 Å². The third-order valence-electron chi connectivity index (χ3n) is 2.40. The first kappa shape index (κ1) is 13.2. The zero-order valence-electron chi connectivity index (χ0n) is 9.26. The highest BCUT2D eigenvalue weighted by atomic mass is 35.5. The molecule has 3 N–H and O–H groups in total. The van der Waals surface area contributed by atoms with Crippen molar-refractivity contribution in [2.24, 2.45) is 5.84 Å². The maximum Gasteiger partial charge on any atom is 0.124 e. The average molecular weight is 243 g/mol. The summed E-state index contributed by atoms with van der Waals surface area (Å²) in [6.07, 6.45) is 1.64. The van der Waals surface area contributed by atoms with Crippen LogP contribution in [0.3, 0.4) is 0 Å². The van der Waals surface area contributed by atoms with Crippen LogP contribution in [0.2, 0.25) is 5.02 Å². The summed E-state index contributed by atoms with van der Waals surface area (Å²) in [5, 5.41) is 0.393. The Hall–Kier alpha value is -0.900. The van der Waals surface area contributed by atoms with Gasteiger partial charge in [0.15, 0.2) is 0 Å². The predicted molar refractivity (Wildman–Crippen MR) is 65.5 cm³/mol. The lowest BCUT2D eigenvalue weighted by molar-refractivity contribution is 0.514. The van der Waals surface area contributed by atoms with Gasteiger partial charge in [0, 0.05) is 11.1 Å². The monoisotopic (exact) mass is 242 g/mol. The Bertz CT molecular complexity index is 379. The second-order valence-corrected chi connectivity index (χ2v) is 4.29. The van der Waals surface area contributed by atoms with Gasteiger partial charge in [-0.3, -0.25) is 11.3 Å². The summed E-state index contributed by atoms with van der Waals surface area (Å²) in [4.78, 5) is 0. The quantitative estimate of drug-likeness (QED) is 0.472. The van der Waals surface area contributed by atoms with Crippen molar-refractivity contribution in [2.45, 2.75) is 25.8 Å². The van der Waals surface area contributed by atoms with E-state index in [1.807, 2.05) is 6.92 Å². The highest BCUT2D eigenvalue weighted by Crippen LogP contribution is 2.27. The van der Waals surface area contributed by atoms with Crippen LogP contribution in [-0.2, 0) is 0 Å². The number of halogens is 2. The predicted octanol–water partition coefficient (Wildman–Crippen LogP) is 3.34. The van der Waals surface area contributed by atoms with Crippen molar-refractivity contribution >= 4 is 11.6 Å². The Labute approximate surface area is 100 Å². The molecule has 0 saturated carbocycles. The number of allylic oxidation sites excluding steroid dienone is 1. The summed E-state index contributed by atoms with van der Waals surface area (Å²) in [7, 11) is 0. The normalized spacial score (nSPS) is 12.5. The molecule has 1 atom stereocenters. The molecule has 4 heteroatoms. The van der Waals surface area contributed by atoms with Gasteiger partial charge in [-0.25, -0.2) is 4.39 Å². The van der Waals surface area contributed by atoms with Crippen LogP contribution < -0.4 is 11.3 Å². The molecule has 0 fully saturated rings. The van der Waals surface area contributed by atoms with E-state index in [4.69, 9.17) is 17.4 Å². The van der Waals surface area contributed by atoms with Gasteiger partial charge in [0.25, 0.3) is 0 Å². The number of benzene rings is 1. The molecule has 1 unspecified atom stereocenters. The lowest BCUT2D eigenvalue weighted by Crippen LogP contribution is -2.28. The molecule has 0 bridgehead atoms. The lowest BCUT2D eigenvalue weighted by Gasteiger charge is -2.17. The van der Waals surface area contributed by atoms with E-state index in [9.17, 15) is 4.39 Å². The van der Waals surface area contributed by atoms with Crippen LogP contribution in [0.4, 0.5) is 4.39 Å². The summed E-state index contributed by atoms with van der Waals surface area (Å²) in [5.41, 5.74) is 4.58. The van der Waals surface area contributed by atoms with Crippen LogP contribution in [0.25, 0.3) is 0 Å². The van der Waals surface area contributed by atoms with E-state index in [0.29, 0.717) is 5.02 Å². The van der Waals surface area contributed by atoms with Gasteiger partial charge in [-0.2, -0.15) is 0 Å². The van der Waals surface area contributed by atoms with E-state index >= 15 is 0 Å². The first-order valence-corrected chi connectivity index (χ1v) is 5.48. The van der Waals surface area contributed by atoms with E-state index in [-0.39, 0.29) is 11.9 Å². The molecule has 1 aromatic rings. The molecule has 0 amide bonds. The zero-order valence-corrected chi connectivity index (χ0v) is 10.0. The molecule has 2 nitrogen and oxygen atoms in total. The van der Waals surface area contributed by atoms with Gasteiger partial charge in [0.2, 0.25) is 0 Å². The van der Waals surface area contributed by atoms with Crippen LogP contribution in [0.15, 0.2) is 30.4 Å². The van der Waals surface area contributed by atoms with E-state index in [1.54, 1.807) is 6.07 Å². The maximum atomic E-state index is 12.9. The third-order valence-corrected chi connectivity index (χ3v) is 2.73. The largest absolute Gasteiger partial charge is 0.271 e. The van der Waals surface area contributed by atoms with Gasteiger partial charge in [0.05, 0.1) is 0 Å². The van der Waals surface area contributed by atoms with Gasteiger partial charge in [0.1, 0.15) is 5.82 Å². The second-order valence-electron chi connectivity index (χ2n) is 3.88. The molecule has 0 aliphatic rings. The summed E-state index contributed by atoms with van der Waals surface area (Å²) < 4.78 is 12.9. The minimum Gasteiger partial charge on any atom is -0.271 e. The molecule has 0 spiro atoms. The number of hydrogen-bond donors (Lipinski definition) is 2. The highest BCUT2D eigenvalue weighted by Gasteiger charge is 2.13. The molecule has 1 rings (SSSR count). The molecule has 1 aromatic carbocycles. The van der Waals surface area contributed by atoms with Crippen molar-refractivity contribution in [2.75, 3.05) is 0 Å². The van der Waals surface area contributed by atoms with Crippen LogP contribution in [0, 0.1) is 5.82 Å². The Morgan fingerprint density at radius 1 is 1.62 bits per heavy atom. The third kappa shape index (κ3) is 3.59. The van der Waals surface area contributed by atoms with Crippen LogP contribution in [0.1, 0.15) is 31.4 Å². The fraction of sp³-hybridized carbons (Fsp3) is 0.333. The van der Waals surface area contributed by atoms with Gasteiger partial charge in [-0.1, -0.05) is 23.2 Å². The summed E-state index contributed by atoms with van der Waals surface area (Å²) in [6, 6.07) is 4.25. The summed E-state index contributed by atoms with van der Waals surface area (Å²) in [6.45, 7) is 5.79. The topological polar surface area (TPSA) is 38.0 Å². The standard InChI is InChI=1S/C12H16ClFN2/c1-8(2)3-6-12(16-15)10-5-4-9(14)7-11(10)13/h4-5,7,12,16H,1,3,6,15H2,2H3. The van der Waals surface area contributed by atoms with Crippen molar-refractivity contribution in [1.29, 1.82) is 0 Å². The van der Waals surface area contributed by atoms with E-state index in [1.165, 1.54) is 12.1 Å². The molecule has 88 valence electrons. The SMILES string of the molecule is C=C(C)CCC(NN)c1ccc(F)cc1Cl. The minimum atomic E-state index is -0.343. The van der Waals surface area contributed by atoms with Crippen molar-refractivity contribution in [1.82, 2.24) is 5.43 Å². The van der Waals surface area contributed by atoms with Crippen LogP contribution in [-0.4, -0.2) is 0 Å². The molecule has 0 radical (unpaired) electrons. The van der Waals surface area contributed by atoms with Crippen LogP contribution >= 0.6 is 11.6 Å². The molecule has 0 saturated heterocycles. The second kappa shape index (κ2) is 5.99. The van der Waals surface area contributed by atoms with Gasteiger partial charge >= 0.3 is 0 Å². The Morgan fingerprint density at radius 3 is 2.81 bits per heavy atom. The minimum absolute atomic E-state index is 0.0789.